The van der Waals surface area contributed by atoms with Crippen molar-refractivity contribution in [3.8, 4) is 11.4 Å². The van der Waals surface area contributed by atoms with Crippen molar-refractivity contribution in [2.45, 2.75) is 43.1 Å². The summed E-state index contributed by atoms with van der Waals surface area (Å²) in [5.41, 5.74) is 3.17. The molecule has 0 N–H and O–H groups in total. The summed E-state index contributed by atoms with van der Waals surface area (Å²) in [6.07, 6.45) is 2.46. The van der Waals surface area contributed by atoms with Gasteiger partial charge >= 0.3 is 0 Å². The van der Waals surface area contributed by atoms with Crippen molar-refractivity contribution < 1.29 is 4.74 Å². The van der Waals surface area contributed by atoms with E-state index < -0.39 is 0 Å². The van der Waals surface area contributed by atoms with E-state index in [9.17, 15) is 0 Å². The Kier molecular flexibility index (Phi) is 4.75. The number of hydrogen-bond donors (Lipinski definition) is 0. The number of imidazole rings is 1. The van der Waals surface area contributed by atoms with Gasteiger partial charge in [0.1, 0.15) is 17.4 Å². The summed E-state index contributed by atoms with van der Waals surface area (Å²) in [4.78, 5) is 4.91. The molecule has 0 bridgehead atoms. The third-order valence-corrected chi connectivity index (χ3v) is 6.26. The average Bonchev–Trinajstić information content (AvgIpc) is 3.42. The molecule has 0 saturated heterocycles. The lowest BCUT2D eigenvalue weighted by Gasteiger charge is -2.11. The molecule has 0 unspecified atom stereocenters. The number of hydrogen-bond acceptors (Lipinski definition) is 5. The molecule has 1 fully saturated rings. The molecular formula is C22H23N5OS. The lowest BCUT2D eigenvalue weighted by atomic mass is 10.2. The van der Waals surface area contributed by atoms with Gasteiger partial charge in [-0.1, -0.05) is 23.9 Å². The first kappa shape index (κ1) is 18.2. The summed E-state index contributed by atoms with van der Waals surface area (Å²) in [5, 5.41) is 9.89. The van der Waals surface area contributed by atoms with Crippen LogP contribution in [0, 0.1) is 0 Å². The van der Waals surface area contributed by atoms with Crippen molar-refractivity contribution >= 4 is 22.8 Å². The second-order valence-corrected chi connectivity index (χ2v) is 8.14. The maximum Gasteiger partial charge on any atom is 0.191 e. The zero-order valence-corrected chi connectivity index (χ0v) is 17.4. The number of methoxy groups -OCH3 is 1. The quantitative estimate of drug-likeness (QED) is 0.413. The molecule has 2 heterocycles. The predicted molar refractivity (Wildman–Crippen MR) is 115 cm³/mol. The van der Waals surface area contributed by atoms with Crippen molar-refractivity contribution in [1.82, 2.24) is 24.3 Å². The molecule has 0 spiro atoms. The molecule has 6 nitrogen and oxygen atoms in total. The summed E-state index contributed by atoms with van der Waals surface area (Å²) in [5.74, 6) is 4.31. The molecule has 0 atom stereocenters. The lowest BCUT2D eigenvalue weighted by Crippen LogP contribution is -2.03. The topological polar surface area (TPSA) is 57.8 Å². The number of thioether (sulfide) groups is 1. The zero-order valence-electron chi connectivity index (χ0n) is 16.6. The van der Waals surface area contributed by atoms with Crippen LogP contribution in [0.2, 0.25) is 0 Å². The zero-order chi connectivity index (χ0) is 19.8. The smallest absolute Gasteiger partial charge is 0.191 e. The van der Waals surface area contributed by atoms with Gasteiger partial charge in [0.15, 0.2) is 5.16 Å². The van der Waals surface area contributed by atoms with E-state index in [1.54, 1.807) is 18.9 Å². The Morgan fingerprint density at radius 2 is 1.86 bits per heavy atom. The summed E-state index contributed by atoms with van der Waals surface area (Å²) >= 11 is 1.70. The van der Waals surface area contributed by atoms with Gasteiger partial charge in [-0.3, -0.25) is 4.57 Å². The first-order chi connectivity index (χ1) is 14.3. The minimum atomic E-state index is 0.598. The normalized spacial score (nSPS) is 13.9. The van der Waals surface area contributed by atoms with Gasteiger partial charge < -0.3 is 9.30 Å². The summed E-state index contributed by atoms with van der Waals surface area (Å²) in [6, 6.07) is 16.4. The first-order valence-electron chi connectivity index (χ1n) is 9.95. The highest BCUT2D eigenvalue weighted by Gasteiger charge is 2.30. The Balaban J connectivity index is 1.50. The van der Waals surface area contributed by atoms with E-state index in [1.807, 2.05) is 18.2 Å². The SMILES string of the molecule is CCn1c(SCc2nc3ccccc3n2-c2ccc(OC)cc2)nnc1C1CC1. The van der Waals surface area contributed by atoms with Gasteiger partial charge in [-0.25, -0.2) is 4.98 Å². The number of benzene rings is 2. The van der Waals surface area contributed by atoms with E-state index in [2.05, 4.69) is 56.6 Å². The van der Waals surface area contributed by atoms with Gasteiger partial charge in [0.25, 0.3) is 0 Å². The van der Waals surface area contributed by atoms with E-state index >= 15 is 0 Å². The first-order valence-corrected chi connectivity index (χ1v) is 10.9. The average molecular weight is 406 g/mol. The van der Waals surface area contributed by atoms with Gasteiger partial charge in [-0.05, 0) is 56.2 Å². The van der Waals surface area contributed by atoms with E-state index in [0.717, 1.165) is 51.6 Å². The molecule has 4 aromatic rings. The molecule has 0 amide bonds. The van der Waals surface area contributed by atoms with Crippen molar-refractivity contribution in [3.05, 3.63) is 60.2 Å². The Bertz CT molecular complexity index is 1140. The molecule has 2 aromatic carbocycles. The standard InChI is InChI=1S/C22H23N5OS/c1-3-26-21(15-8-9-15)24-25-22(26)29-14-20-23-18-6-4-5-7-19(18)27(20)16-10-12-17(28-2)13-11-16/h4-7,10-13,15H,3,8-9,14H2,1-2H3. The molecule has 148 valence electrons. The van der Waals surface area contributed by atoms with Crippen LogP contribution in [0.3, 0.4) is 0 Å². The summed E-state index contributed by atoms with van der Waals surface area (Å²) < 4.78 is 9.79. The van der Waals surface area contributed by atoms with Crippen LogP contribution >= 0.6 is 11.8 Å². The number of rotatable bonds is 7. The van der Waals surface area contributed by atoms with Crippen LogP contribution in [0.25, 0.3) is 16.7 Å². The Morgan fingerprint density at radius 3 is 2.59 bits per heavy atom. The fourth-order valence-corrected chi connectivity index (χ4v) is 4.60. The van der Waals surface area contributed by atoms with Crippen LogP contribution in [0.1, 0.15) is 37.3 Å². The van der Waals surface area contributed by atoms with Crippen LogP contribution in [-0.2, 0) is 12.3 Å². The third-order valence-electron chi connectivity index (χ3n) is 5.30. The van der Waals surface area contributed by atoms with E-state index in [0.29, 0.717) is 5.92 Å². The van der Waals surface area contributed by atoms with Crippen LogP contribution < -0.4 is 4.74 Å². The molecule has 1 aliphatic carbocycles. The predicted octanol–water partition coefficient (Wildman–Crippen LogP) is 4.82. The number of ether oxygens (including phenoxy) is 1. The van der Waals surface area contributed by atoms with Crippen molar-refractivity contribution in [2.24, 2.45) is 0 Å². The van der Waals surface area contributed by atoms with Gasteiger partial charge in [0, 0.05) is 18.2 Å². The number of aromatic nitrogens is 5. The van der Waals surface area contributed by atoms with Crippen LogP contribution in [-0.4, -0.2) is 31.4 Å². The molecule has 0 radical (unpaired) electrons. The summed E-state index contributed by atoms with van der Waals surface area (Å²) in [6.45, 7) is 3.06. The van der Waals surface area contributed by atoms with Crippen LogP contribution in [0.15, 0.2) is 53.7 Å². The highest BCUT2D eigenvalue weighted by atomic mass is 32.2. The monoisotopic (exact) mass is 405 g/mol. The number of fused-ring (bicyclic) bond motifs is 1. The van der Waals surface area contributed by atoms with Crippen LogP contribution in [0.4, 0.5) is 0 Å². The Labute approximate surface area is 173 Å². The second kappa shape index (κ2) is 7.55. The van der Waals surface area contributed by atoms with Crippen molar-refractivity contribution in [2.75, 3.05) is 7.11 Å². The van der Waals surface area contributed by atoms with Gasteiger partial charge in [-0.15, -0.1) is 10.2 Å². The largest absolute Gasteiger partial charge is 0.497 e. The number of para-hydroxylation sites is 2. The van der Waals surface area contributed by atoms with Gasteiger partial charge in [0.05, 0.1) is 23.9 Å². The lowest BCUT2D eigenvalue weighted by molar-refractivity contribution is 0.414. The summed E-state index contributed by atoms with van der Waals surface area (Å²) in [7, 11) is 1.68. The highest BCUT2D eigenvalue weighted by Crippen LogP contribution is 2.40. The Morgan fingerprint density at radius 1 is 1.07 bits per heavy atom. The van der Waals surface area contributed by atoms with E-state index in [-0.39, 0.29) is 0 Å². The molecular weight excluding hydrogens is 382 g/mol. The van der Waals surface area contributed by atoms with E-state index in [4.69, 9.17) is 9.72 Å². The molecule has 29 heavy (non-hydrogen) atoms. The molecule has 1 aliphatic rings. The Hall–Kier alpha value is -2.80. The minimum Gasteiger partial charge on any atom is -0.497 e. The van der Waals surface area contributed by atoms with E-state index in [1.165, 1.54) is 12.8 Å². The third kappa shape index (κ3) is 3.40. The maximum atomic E-state index is 5.31. The highest BCUT2D eigenvalue weighted by molar-refractivity contribution is 7.98. The molecule has 2 aromatic heterocycles. The molecule has 1 saturated carbocycles. The molecule has 7 heteroatoms. The van der Waals surface area contributed by atoms with Crippen molar-refractivity contribution in [3.63, 3.8) is 0 Å². The molecule has 5 rings (SSSR count). The fraction of sp³-hybridized carbons (Fsp3) is 0.318. The van der Waals surface area contributed by atoms with Gasteiger partial charge in [0.2, 0.25) is 0 Å². The minimum absolute atomic E-state index is 0.598. The van der Waals surface area contributed by atoms with Crippen LogP contribution in [0.5, 0.6) is 5.75 Å². The van der Waals surface area contributed by atoms with Gasteiger partial charge in [-0.2, -0.15) is 0 Å². The fourth-order valence-electron chi connectivity index (χ4n) is 3.67. The molecule has 0 aliphatic heterocycles. The maximum absolute atomic E-state index is 5.31. The second-order valence-electron chi connectivity index (χ2n) is 7.20. The number of nitrogens with zero attached hydrogens (tertiary/aromatic N) is 5. The van der Waals surface area contributed by atoms with Crippen molar-refractivity contribution in [1.29, 1.82) is 0 Å².